The second kappa shape index (κ2) is 6.67. The van der Waals surface area contributed by atoms with Crippen LogP contribution in [0.3, 0.4) is 0 Å². The number of nitrogens with zero attached hydrogens (tertiary/aromatic N) is 1. The Morgan fingerprint density at radius 2 is 1.76 bits per heavy atom. The molecule has 17 heavy (non-hydrogen) atoms. The quantitative estimate of drug-likeness (QED) is 0.666. The van der Waals surface area contributed by atoms with Crippen LogP contribution in [0.15, 0.2) is 58.2 Å². The number of rotatable bonds is 5. The van der Waals surface area contributed by atoms with E-state index in [9.17, 15) is 0 Å². The Bertz CT molecular complexity index is 445. The van der Waals surface area contributed by atoms with Crippen molar-refractivity contribution >= 4 is 33.4 Å². The molecule has 0 aliphatic heterocycles. The SMILES string of the molecule is Brc1ccc(NCCSc2ccncc2)cc1. The lowest BCUT2D eigenvalue weighted by molar-refractivity contribution is 1.21. The summed E-state index contributed by atoms with van der Waals surface area (Å²) < 4.78 is 1.11. The Kier molecular flexibility index (Phi) is 4.88. The van der Waals surface area contributed by atoms with Crippen LogP contribution in [-0.4, -0.2) is 17.3 Å². The van der Waals surface area contributed by atoms with Gasteiger partial charge in [0.2, 0.25) is 0 Å². The van der Waals surface area contributed by atoms with Crippen molar-refractivity contribution in [3.05, 3.63) is 53.3 Å². The first kappa shape index (κ1) is 12.5. The first-order valence-corrected chi connectivity index (χ1v) is 7.15. The molecule has 0 bridgehead atoms. The lowest BCUT2D eigenvalue weighted by Crippen LogP contribution is -2.03. The fourth-order valence-corrected chi connectivity index (χ4v) is 2.38. The summed E-state index contributed by atoms with van der Waals surface area (Å²) in [6, 6.07) is 12.3. The summed E-state index contributed by atoms with van der Waals surface area (Å²) in [6.07, 6.45) is 3.65. The summed E-state index contributed by atoms with van der Waals surface area (Å²) in [7, 11) is 0. The van der Waals surface area contributed by atoms with Crippen molar-refractivity contribution in [2.24, 2.45) is 0 Å². The topological polar surface area (TPSA) is 24.9 Å². The molecule has 0 spiro atoms. The number of aromatic nitrogens is 1. The normalized spacial score (nSPS) is 10.2. The minimum atomic E-state index is 0.953. The van der Waals surface area contributed by atoms with Gasteiger partial charge < -0.3 is 5.32 Å². The lowest BCUT2D eigenvalue weighted by atomic mass is 10.3. The first-order chi connectivity index (χ1) is 8.34. The molecule has 0 radical (unpaired) electrons. The van der Waals surface area contributed by atoms with Gasteiger partial charge in [0.1, 0.15) is 0 Å². The van der Waals surface area contributed by atoms with Crippen molar-refractivity contribution in [3.63, 3.8) is 0 Å². The van der Waals surface area contributed by atoms with E-state index in [2.05, 4.69) is 38.4 Å². The third-order valence-corrected chi connectivity index (χ3v) is 3.74. The Morgan fingerprint density at radius 1 is 1.06 bits per heavy atom. The smallest absolute Gasteiger partial charge is 0.0341 e. The molecule has 2 nitrogen and oxygen atoms in total. The molecule has 0 saturated heterocycles. The average molecular weight is 309 g/mol. The highest BCUT2D eigenvalue weighted by atomic mass is 79.9. The van der Waals surface area contributed by atoms with Crippen LogP contribution < -0.4 is 5.32 Å². The van der Waals surface area contributed by atoms with E-state index in [1.807, 2.05) is 48.4 Å². The molecule has 0 aliphatic rings. The minimum absolute atomic E-state index is 0.953. The van der Waals surface area contributed by atoms with Crippen LogP contribution in [-0.2, 0) is 0 Å². The molecule has 88 valence electrons. The van der Waals surface area contributed by atoms with Gasteiger partial charge in [0, 0.05) is 39.7 Å². The summed E-state index contributed by atoms with van der Waals surface area (Å²) >= 11 is 5.25. The Morgan fingerprint density at radius 3 is 2.47 bits per heavy atom. The van der Waals surface area contributed by atoms with Gasteiger partial charge in [-0.2, -0.15) is 0 Å². The van der Waals surface area contributed by atoms with Gasteiger partial charge in [-0.3, -0.25) is 4.98 Å². The van der Waals surface area contributed by atoms with Crippen LogP contribution in [0, 0.1) is 0 Å². The highest BCUT2D eigenvalue weighted by Crippen LogP contribution is 2.17. The number of hydrogen-bond donors (Lipinski definition) is 1. The number of thioether (sulfide) groups is 1. The molecule has 0 saturated carbocycles. The number of halogens is 1. The second-order valence-electron chi connectivity index (χ2n) is 3.47. The van der Waals surface area contributed by atoms with E-state index in [-0.39, 0.29) is 0 Å². The number of nitrogens with one attached hydrogen (secondary N) is 1. The molecule has 4 heteroatoms. The van der Waals surface area contributed by atoms with Crippen LogP contribution in [0.2, 0.25) is 0 Å². The van der Waals surface area contributed by atoms with Gasteiger partial charge in [0.05, 0.1) is 0 Å². The Labute approximate surface area is 114 Å². The van der Waals surface area contributed by atoms with Gasteiger partial charge >= 0.3 is 0 Å². The maximum atomic E-state index is 4.00. The number of benzene rings is 1. The summed E-state index contributed by atoms with van der Waals surface area (Å²) in [4.78, 5) is 5.26. The molecule has 0 unspecified atom stereocenters. The number of pyridine rings is 1. The molecule has 0 atom stereocenters. The van der Waals surface area contributed by atoms with Gasteiger partial charge in [-0.25, -0.2) is 0 Å². The molecule has 1 aromatic carbocycles. The van der Waals surface area contributed by atoms with Crippen molar-refractivity contribution in [2.75, 3.05) is 17.6 Å². The van der Waals surface area contributed by atoms with E-state index in [0.29, 0.717) is 0 Å². The molecule has 2 rings (SSSR count). The van der Waals surface area contributed by atoms with Crippen LogP contribution in [0.1, 0.15) is 0 Å². The highest BCUT2D eigenvalue weighted by molar-refractivity contribution is 9.10. The van der Waals surface area contributed by atoms with Crippen molar-refractivity contribution in [2.45, 2.75) is 4.90 Å². The molecule has 0 fully saturated rings. The van der Waals surface area contributed by atoms with E-state index >= 15 is 0 Å². The first-order valence-electron chi connectivity index (χ1n) is 5.37. The van der Waals surface area contributed by atoms with Crippen LogP contribution in [0.5, 0.6) is 0 Å². The standard InChI is InChI=1S/C13H13BrN2S/c14-11-1-3-12(4-2-11)16-9-10-17-13-5-7-15-8-6-13/h1-8,16H,9-10H2. The van der Waals surface area contributed by atoms with Crippen LogP contribution in [0.4, 0.5) is 5.69 Å². The predicted molar refractivity (Wildman–Crippen MR) is 77.6 cm³/mol. The third kappa shape index (κ3) is 4.40. The molecular weight excluding hydrogens is 296 g/mol. The highest BCUT2D eigenvalue weighted by Gasteiger charge is 1.94. The fourth-order valence-electron chi connectivity index (χ4n) is 1.37. The van der Waals surface area contributed by atoms with E-state index in [1.165, 1.54) is 4.90 Å². The van der Waals surface area contributed by atoms with Gasteiger partial charge in [-0.05, 0) is 36.4 Å². The van der Waals surface area contributed by atoms with Crippen molar-refractivity contribution < 1.29 is 0 Å². The Balaban J connectivity index is 1.71. The Hall–Kier alpha value is -1.00. The van der Waals surface area contributed by atoms with Gasteiger partial charge in [0.15, 0.2) is 0 Å². The third-order valence-electron chi connectivity index (χ3n) is 2.19. The number of anilines is 1. The van der Waals surface area contributed by atoms with Gasteiger partial charge in [-0.1, -0.05) is 15.9 Å². The zero-order valence-corrected chi connectivity index (χ0v) is 11.7. The summed E-state index contributed by atoms with van der Waals surface area (Å²) in [5.41, 5.74) is 1.16. The molecule has 1 heterocycles. The van der Waals surface area contributed by atoms with Crippen molar-refractivity contribution in [1.29, 1.82) is 0 Å². The van der Waals surface area contributed by atoms with Crippen LogP contribution in [0.25, 0.3) is 0 Å². The van der Waals surface area contributed by atoms with Gasteiger partial charge in [0.25, 0.3) is 0 Å². The summed E-state index contributed by atoms with van der Waals surface area (Å²) in [5.74, 6) is 1.04. The average Bonchev–Trinajstić information content (AvgIpc) is 2.38. The summed E-state index contributed by atoms with van der Waals surface area (Å²) in [6.45, 7) is 0.953. The molecule has 1 N–H and O–H groups in total. The predicted octanol–water partition coefficient (Wildman–Crippen LogP) is 4.05. The van der Waals surface area contributed by atoms with Crippen LogP contribution >= 0.6 is 27.7 Å². The monoisotopic (exact) mass is 308 g/mol. The molecular formula is C13H13BrN2S. The summed E-state index contributed by atoms with van der Waals surface area (Å²) in [5, 5.41) is 3.38. The molecule has 0 amide bonds. The largest absolute Gasteiger partial charge is 0.384 e. The van der Waals surface area contributed by atoms with E-state index < -0.39 is 0 Å². The van der Waals surface area contributed by atoms with Gasteiger partial charge in [-0.15, -0.1) is 11.8 Å². The van der Waals surface area contributed by atoms with Crippen molar-refractivity contribution in [3.8, 4) is 0 Å². The molecule has 0 aliphatic carbocycles. The maximum absolute atomic E-state index is 4.00. The van der Waals surface area contributed by atoms with E-state index in [1.54, 1.807) is 0 Å². The number of hydrogen-bond acceptors (Lipinski definition) is 3. The minimum Gasteiger partial charge on any atom is -0.384 e. The maximum Gasteiger partial charge on any atom is 0.0341 e. The zero-order chi connectivity index (χ0) is 11.9. The zero-order valence-electron chi connectivity index (χ0n) is 9.27. The van der Waals surface area contributed by atoms with E-state index in [4.69, 9.17) is 0 Å². The lowest BCUT2D eigenvalue weighted by Gasteiger charge is -2.06. The second-order valence-corrected chi connectivity index (χ2v) is 5.55. The van der Waals surface area contributed by atoms with Crippen molar-refractivity contribution in [1.82, 2.24) is 4.98 Å². The molecule has 1 aromatic heterocycles. The van der Waals surface area contributed by atoms with E-state index in [0.717, 1.165) is 22.5 Å². The molecule has 2 aromatic rings. The fraction of sp³-hybridized carbons (Fsp3) is 0.154.